The first kappa shape index (κ1) is 16.3. The Bertz CT molecular complexity index is 271. The van der Waals surface area contributed by atoms with Crippen molar-refractivity contribution < 1.29 is 0 Å². The van der Waals surface area contributed by atoms with Crippen LogP contribution in [-0.2, 0) is 0 Å². The molecule has 1 saturated carbocycles. The molecule has 3 heteroatoms. The molecule has 0 aromatic carbocycles. The molecule has 1 heterocycles. The highest BCUT2D eigenvalue weighted by molar-refractivity contribution is 4.81. The predicted molar refractivity (Wildman–Crippen MR) is 87.1 cm³/mol. The zero-order chi connectivity index (χ0) is 14.5. The fourth-order valence-corrected chi connectivity index (χ4v) is 3.82. The highest BCUT2D eigenvalue weighted by atomic mass is 15.2. The smallest absolute Gasteiger partial charge is 0.0113 e. The summed E-state index contributed by atoms with van der Waals surface area (Å²) >= 11 is 0. The molecule has 0 unspecified atom stereocenters. The summed E-state index contributed by atoms with van der Waals surface area (Å²) in [5, 5.41) is 3.80. The van der Waals surface area contributed by atoms with Crippen LogP contribution in [0.4, 0.5) is 0 Å². The molecule has 20 heavy (non-hydrogen) atoms. The number of nitrogens with zero attached hydrogens (tertiary/aromatic N) is 2. The van der Waals surface area contributed by atoms with Gasteiger partial charge in [-0.3, -0.25) is 0 Å². The van der Waals surface area contributed by atoms with Crippen molar-refractivity contribution in [3.05, 3.63) is 0 Å². The molecule has 2 aliphatic rings. The van der Waals surface area contributed by atoms with Gasteiger partial charge in [-0.15, -0.1) is 0 Å². The van der Waals surface area contributed by atoms with Gasteiger partial charge in [0.2, 0.25) is 0 Å². The molecule has 1 aliphatic heterocycles. The molecule has 0 aromatic rings. The van der Waals surface area contributed by atoms with E-state index >= 15 is 0 Å². The lowest BCUT2D eigenvalue weighted by molar-refractivity contribution is 0.142. The summed E-state index contributed by atoms with van der Waals surface area (Å²) < 4.78 is 0. The average molecular weight is 281 g/mol. The monoisotopic (exact) mass is 281 g/mol. The largest absolute Gasteiger partial charge is 0.313 e. The third-order valence-corrected chi connectivity index (χ3v) is 5.75. The van der Waals surface area contributed by atoms with Crippen LogP contribution in [0, 0.1) is 11.8 Å². The number of rotatable bonds is 5. The summed E-state index contributed by atoms with van der Waals surface area (Å²) in [7, 11) is 4.43. The van der Waals surface area contributed by atoms with Crippen LogP contribution in [0.1, 0.15) is 46.0 Å². The fourth-order valence-electron chi connectivity index (χ4n) is 3.82. The maximum atomic E-state index is 3.80. The van der Waals surface area contributed by atoms with Gasteiger partial charge in [0.25, 0.3) is 0 Å². The van der Waals surface area contributed by atoms with E-state index < -0.39 is 0 Å². The van der Waals surface area contributed by atoms with Crippen LogP contribution >= 0.6 is 0 Å². The van der Waals surface area contributed by atoms with Crippen LogP contribution in [0.5, 0.6) is 0 Å². The van der Waals surface area contributed by atoms with Gasteiger partial charge in [0.15, 0.2) is 0 Å². The van der Waals surface area contributed by atoms with Gasteiger partial charge < -0.3 is 15.1 Å². The summed E-state index contributed by atoms with van der Waals surface area (Å²) in [5.41, 5.74) is 0. The number of hydrogen-bond donors (Lipinski definition) is 1. The van der Waals surface area contributed by atoms with E-state index in [1.165, 1.54) is 58.3 Å². The van der Waals surface area contributed by atoms with E-state index in [4.69, 9.17) is 0 Å². The van der Waals surface area contributed by atoms with Crippen LogP contribution < -0.4 is 5.32 Å². The molecule has 3 nitrogen and oxygen atoms in total. The Labute approximate surface area is 126 Å². The van der Waals surface area contributed by atoms with Gasteiger partial charge in [-0.2, -0.15) is 0 Å². The Hall–Kier alpha value is -0.120. The van der Waals surface area contributed by atoms with Crippen LogP contribution in [0.25, 0.3) is 0 Å². The molecule has 1 aliphatic carbocycles. The van der Waals surface area contributed by atoms with Gasteiger partial charge in [0, 0.05) is 25.2 Å². The second-order valence-corrected chi connectivity index (χ2v) is 7.46. The average Bonchev–Trinajstić information content (AvgIpc) is 2.43. The molecular weight excluding hydrogens is 246 g/mol. The molecule has 2 rings (SSSR count). The summed E-state index contributed by atoms with van der Waals surface area (Å²) in [4.78, 5) is 5.03. The maximum Gasteiger partial charge on any atom is 0.0113 e. The minimum Gasteiger partial charge on any atom is -0.313 e. The molecule has 2 fully saturated rings. The van der Waals surface area contributed by atoms with Crippen LogP contribution in [0.3, 0.4) is 0 Å². The molecule has 1 N–H and O–H groups in total. The Morgan fingerprint density at radius 3 is 2.30 bits per heavy atom. The summed E-state index contributed by atoms with van der Waals surface area (Å²) in [6.07, 6.45) is 6.85. The van der Waals surface area contributed by atoms with E-state index in [9.17, 15) is 0 Å². The van der Waals surface area contributed by atoms with E-state index in [0.717, 1.165) is 23.9 Å². The molecule has 1 saturated heterocycles. The van der Waals surface area contributed by atoms with E-state index in [2.05, 4.69) is 43.1 Å². The van der Waals surface area contributed by atoms with Crippen LogP contribution in [-0.4, -0.2) is 62.2 Å². The summed E-state index contributed by atoms with van der Waals surface area (Å²) in [6, 6.07) is 1.58. The van der Waals surface area contributed by atoms with Crippen molar-refractivity contribution in [1.29, 1.82) is 0 Å². The second-order valence-electron chi connectivity index (χ2n) is 7.46. The standard InChI is InChI=1S/C17H35N3/c1-14-5-6-16(13-15(14)2)18-9-12-20-10-7-17(8-11-20)19(3)4/h14-18H,5-13H2,1-4H3/t14-,15+,16+/m1/s1. The number of piperidine rings is 1. The normalized spacial score (nSPS) is 33.8. The van der Waals surface area contributed by atoms with Gasteiger partial charge in [-0.05, 0) is 71.1 Å². The predicted octanol–water partition coefficient (Wildman–Crippen LogP) is 2.43. The lowest BCUT2D eigenvalue weighted by Gasteiger charge is -2.36. The van der Waals surface area contributed by atoms with E-state index in [1.54, 1.807) is 0 Å². The number of nitrogens with one attached hydrogen (secondary N) is 1. The number of hydrogen-bond acceptors (Lipinski definition) is 3. The Morgan fingerprint density at radius 2 is 1.70 bits per heavy atom. The maximum absolute atomic E-state index is 3.80. The Kier molecular flexibility index (Phi) is 6.31. The molecule has 0 spiro atoms. The third kappa shape index (κ3) is 4.71. The van der Waals surface area contributed by atoms with Crippen molar-refractivity contribution in [2.24, 2.45) is 11.8 Å². The van der Waals surface area contributed by atoms with Crippen LogP contribution in [0.2, 0.25) is 0 Å². The van der Waals surface area contributed by atoms with Crippen molar-refractivity contribution in [2.45, 2.75) is 58.0 Å². The Morgan fingerprint density at radius 1 is 1.00 bits per heavy atom. The van der Waals surface area contributed by atoms with Gasteiger partial charge in [-0.25, -0.2) is 0 Å². The Balaban J connectivity index is 1.58. The number of likely N-dealkylation sites (tertiary alicyclic amines) is 1. The molecule has 0 radical (unpaired) electrons. The highest BCUT2D eigenvalue weighted by Crippen LogP contribution is 2.29. The first-order valence-corrected chi connectivity index (χ1v) is 8.68. The quantitative estimate of drug-likeness (QED) is 0.835. The zero-order valence-corrected chi connectivity index (χ0v) is 14.1. The molecule has 3 atom stereocenters. The van der Waals surface area contributed by atoms with E-state index in [1.807, 2.05) is 0 Å². The molecule has 118 valence electrons. The lowest BCUT2D eigenvalue weighted by atomic mass is 9.79. The first-order valence-electron chi connectivity index (χ1n) is 8.68. The summed E-state index contributed by atoms with van der Waals surface area (Å²) in [5.74, 6) is 1.83. The molecular formula is C17H35N3. The van der Waals surface area contributed by atoms with E-state index in [-0.39, 0.29) is 0 Å². The summed E-state index contributed by atoms with van der Waals surface area (Å²) in [6.45, 7) is 9.81. The molecule has 0 amide bonds. The SMILES string of the molecule is C[C@@H]1CC[C@H](NCCN2CCC(N(C)C)CC2)C[C@@H]1C. The molecule has 0 aromatic heterocycles. The van der Waals surface area contributed by atoms with Crippen molar-refractivity contribution in [1.82, 2.24) is 15.1 Å². The van der Waals surface area contributed by atoms with Crippen LogP contribution in [0.15, 0.2) is 0 Å². The highest BCUT2D eigenvalue weighted by Gasteiger charge is 2.24. The van der Waals surface area contributed by atoms with Crippen molar-refractivity contribution >= 4 is 0 Å². The second kappa shape index (κ2) is 7.77. The fraction of sp³-hybridized carbons (Fsp3) is 1.00. The molecule has 0 bridgehead atoms. The first-order chi connectivity index (χ1) is 9.56. The van der Waals surface area contributed by atoms with Crippen molar-refractivity contribution in [3.8, 4) is 0 Å². The lowest BCUT2D eigenvalue weighted by Crippen LogP contribution is -2.45. The minimum absolute atomic E-state index is 0.778. The van der Waals surface area contributed by atoms with Gasteiger partial charge in [0.1, 0.15) is 0 Å². The van der Waals surface area contributed by atoms with Gasteiger partial charge in [0.05, 0.1) is 0 Å². The van der Waals surface area contributed by atoms with Gasteiger partial charge >= 0.3 is 0 Å². The minimum atomic E-state index is 0.778. The van der Waals surface area contributed by atoms with Crippen molar-refractivity contribution in [3.63, 3.8) is 0 Å². The van der Waals surface area contributed by atoms with E-state index in [0.29, 0.717) is 0 Å². The third-order valence-electron chi connectivity index (χ3n) is 5.75. The van der Waals surface area contributed by atoms with Crippen molar-refractivity contribution in [2.75, 3.05) is 40.3 Å². The van der Waals surface area contributed by atoms with Gasteiger partial charge in [-0.1, -0.05) is 13.8 Å². The zero-order valence-electron chi connectivity index (χ0n) is 14.1. The topological polar surface area (TPSA) is 18.5 Å².